The number of carbonyl (C=O) groups excluding carboxylic acids is 1. The van der Waals surface area contributed by atoms with Crippen molar-refractivity contribution in [2.24, 2.45) is 17.6 Å². The lowest BCUT2D eigenvalue weighted by Crippen LogP contribution is -2.42. The van der Waals surface area contributed by atoms with E-state index in [1.165, 1.54) is 6.42 Å². The van der Waals surface area contributed by atoms with Crippen molar-refractivity contribution in [2.75, 3.05) is 6.54 Å². The highest BCUT2D eigenvalue weighted by Crippen LogP contribution is 2.22. The van der Waals surface area contributed by atoms with Crippen LogP contribution in [0.25, 0.3) is 0 Å². The summed E-state index contributed by atoms with van der Waals surface area (Å²) in [5.41, 5.74) is 5.99. The third kappa shape index (κ3) is 3.82. The van der Waals surface area contributed by atoms with Gasteiger partial charge in [-0.3, -0.25) is 4.79 Å². The highest BCUT2D eigenvalue weighted by molar-refractivity contribution is 5.79. The monoisotopic (exact) mass is 223 g/mol. The first kappa shape index (κ1) is 13.0. The zero-order valence-corrected chi connectivity index (χ0v) is 9.91. The second-order valence-electron chi connectivity index (χ2n) is 4.68. The van der Waals surface area contributed by atoms with Gasteiger partial charge in [-0.25, -0.2) is 0 Å². The van der Waals surface area contributed by atoms with Crippen LogP contribution in [-0.2, 0) is 4.79 Å². The van der Waals surface area contributed by atoms with Gasteiger partial charge in [0.25, 0.3) is 0 Å². The lowest BCUT2D eigenvalue weighted by atomic mass is 9.94. The minimum absolute atomic E-state index is 0.0140. The average Bonchev–Trinajstić information content (AvgIpc) is 2.50. The maximum absolute atomic E-state index is 11.9. The Balaban J connectivity index is 2.42. The van der Waals surface area contributed by atoms with Gasteiger partial charge in [0, 0.05) is 12.6 Å². The summed E-state index contributed by atoms with van der Waals surface area (Å²) >= 11 is 0. The smallest absolute Gasteiger partial charge is 0.224 e. The van der Waals surface area contributed by atoms with Crippen LogP contribution in [0.4, 0.5) is 0 Å². The van der Waals surface area contributed by atoms with Gasteiger partial charge in [0.05, 0.1) is 17.9 Å². The van der Waals surface area contributed by atoms with E-state index in [1.54, 1.807) is 6.92 Å². The molecule has 0 radical (unpaired) electrons. The van der Waals surface area contributed by atoms with Crippen LogP contribution < -0.4 is 11.1 Å². The second kappa shape index (κ2) is 6.49. The summed E-state index contributed by atoms with van der Waals surface area (Å²) in [6, 6.07) is 2.09. The molecule has 3 unspecified atom stereocenters. The zero-order chi connectivity index (χ0) is 12.0. The molecule has 3 N–H and O–H groups in total. The molecule has 1 rings (SSSR count). The summed E-state index contributed by atoms with van der Waals surface area (Å²) in [7, 11) is 0. The molecule has 0 aliphatic heterocycles. The van der Waals surface area contributed by atoms with Crippen LogP contribution in [0.5, 0.6) is 0 Å². The first-order valence-electron chi connectivity index (χ1n) is 6.08. The number of hydrogen-bond acceptors (Lipinski definition) is 3. The van der Waals surface area contributed by atoms with Gasteiger partial charge in [-0.1, -0.05) is 19.3 Å². The SMILES string of the molecule is CC(C#N)CNC(=O)C1CCCCCC1N. The normalized spacial score (nSPS) is 27.6. The molecule has 1 amide bonds. The van der Waals surface area contributed by atoms with Crippen molar-refractivity contribution in [3.8, 4) is 6.07 Å². The van der Waals surface area contributed by atoms with Crippen LogP contribution in [0.2, 0.25) is 0 Å². The first-order chi connectivity index (χ1) is 7.65. The molecule has 0 spiro atoms. The van der Waals surface area contributed by atoms with Gasteiger partial charge < -0.3 is 11.1 Å². The van der Waals surface area contributed by atoms with Crippen LogP contribution in [0.3, 0.4) is 0 Å². The first-order valence-corrected chi connectivity index (χ1v) is 6.08. The second-order valence-corrected chi connectivity index (χ2v) is 4.68. The van der Waals surface area contributed by atoms with E-state index in [1.807, 2.05) is 0 Å². The highest BCUT2D eigenvalue weighted by atomic mass is 16.1. The Kier molecular flexibility index (Phi) is 5.27. The molecule has 1 saturated carbocycles. The van der Waals surface area contributed by atoms with Crippen molar-refractivity contribution in [3.05, 3.63) is 0 Å². The van der Waals surface area contributed by atoms with Crippen molar-refractivity contribution < 1.29 is 4.79 Å². The van der Waals surface area contributed by atoms with Crippen LogP contribution in [0.15, 0.2) is 0 Å². The van der Waals surface area contributed by atoms with E-state index >= 15 is 0 Å². The summed E-state index contributed by atoms with van der Waals surface area (Å²) in [5.74, 6) is -0.171. The third-order valence-electron chi connectivity index (χ3n) is 3.21. The standard InChI is InChI=1S/C12H21N3O/c1-9(7-13)8-15-12(16)10-5-3-2-4-6-11(10)14/h9-11H,2-6,8,14H2,1H3,(H,15,16). The van der Waals surface area contributed by atoms with Gasteiger partial charge in [-0.2, -0.15) is 5.26 Å². The van der Waals surface area contributed by atoms with Crippen molar-refractivity contribution in [2.45, 2.75) is 45.1 Å². The number of hydrogen-bond donors (Lipinski definition) is 2. The Hall–Kier alpha value is -1.08. The fourth-order valence-corrected chi connectivity index (χ4v) is 2.09. The molecule has 0 bridgehead atoms. The highest BCUT2D eigenvalue weighted by Gasteiger charge is 2.26. The fourth-order valence-electron chi connectivity index (χ4n) is 2.09. The maximum Gasteiger partial charge on any atom is 0.224 e. The predicted molar refractivity (Wildman–Crippen MR) is 62.3 cm³/mol. The summed E-state index contributed by atoms with van der Waals surface area (Å²) in [5, 5.41) is 11.4. The largest absolute Gasteiger partial charge is 0.355 e. The van der Waals surface area contributed by atoms with Gasteiger partial charge in [-0.05, 0) is 19.8 Å². The summed E-state index contributed by atoms with van der Waals surface area (Å²) in [6.07, 6.45) is 5.20. The number of carbonyl (C=O) groups is 1. The maximum atomic E-state index is 11.9. The van der Waals surface area contributed by atoms with Gasteiger partial charge in [0.15, 0.2) is 0 Å². The molecule has 1 aliphatic carbocycles. The van der Waals surface area contributed by atoms with Gasteiger partial charge in [-0.15, -0.1) is 0 Å². The van der Waals surface area contributed by atoms with Crippen molar-refractivity contribution in [1.29, 1.82) is 5.26 Å². The van der Waals surface area contributed by atoms with E-state index in [4.69, 9.17) is 11.0 Å². The minimum atomic E-state index is -0.133. The number of nitrogens with zero attached hydrogens (tertiary/aromatic N) is 1. The van der Waals surface area contributed by atoms with E-state index in [9.17, 15) is 4.79 Å². The van der Waals surface area contributed by atoms with Crippen LogP contribution in [0.1, 0.15) is 39.0 Å². The molecule has 16 heavy (non-hydrogen) atoms. The summed E-state index contributed by atoms with van der Waals surface area (Å²) in [6.45, 7) is 2.23. The van der Waals surface area contributed by atoms with Crippen molar-refractivity contribution >= 4 is 5.91 Å². The van der Waals surface area contributed by atoms with Crippen molar-refractivity contribution in [1.82, 2.24) is 5.32 Å². The molecule has 0 aromatic carbocycles. The molecule has 1 fully saturated rings. The molecular formula is C12H21N3O. The molecule has 0 saturated heterocycles. The third-order valence-corrected chi connectivity index (χ3v) is 3.21. The molecule has 0 aromatic heterocycles. The number of nitrogens with one attached hydrogen (secondary N) is 1. The Morgan fingerprint density at radius 3 is 2.88 bits per heavy atom. The fraction of sp³-hybridized carbons (Fsp3) is 0.833. The van der Waals surface area contributed by atoms with Crippen LogP contribution in [0, 0.1) is 23.2 Å². The summed E-state index contributed by atoms with van der Waals surface area (Å²) in [4.78, 5) is 11.9. The molecule has 4 nitrogen and oxygen atoms in total. The van der Waals surface area contributed by atoms with Crippen LogP contribution in [-0.4, -0.2) is 18.5 Å². The molecular weight excluding hydrogens is 202 g/mol. The van der Waals surface area contributed by atoms with Gasteiger partial charge in [0.1, 0.15) is 0 Å². The van der Waals surface area contributed by atoms with E-state index in [0.29, 0.717) is 6.54 Å². The van der Waals surface area contributed by atoms with Gasteiger partial charge in [0.2, 0.25) is 5.91 Å². The molecule has 3 atom stereocenters. The number of nitrogens with two attached hydrogens (primary N) is 1. The topological polar surface area (TPSA) is 78.9 Å². The predicted octanol–water partition coefficient (Wildman–Crippen LogP) is 1.17. The van der Waals surface area contributed by atoms with Gasteiger partial charge >= 0.3 is 0 Å². The Bertz CT molecular complexity index is 272. The van der Waals surface area contributed by atoms with Crippen molar-refractivity contribution in [3.63, 3.8) is 0 Å². The van der Waals surface area contributed by atoms with E-state index in [2.05, 4.69) is 11.4 Å². The molecule has 0 aromatic rings. The summed E-state index contributed by atoms with van der Waals surface area (Å²) < 4.78 is 0. The van der Waals surface area contributed by atoms with E-state index in [0.717, 1.165) is 25.7 Å². The lowest BCUT2D eigenvalue weighted by Gasteiger charge is -2.20. The zero-order valence-electron chi connectivity index (χ0n) is 9.91. The number of nitriles is 1. The van der Waals surface area contributed by atoms with E-state index < -0.39 is 0 Å². The average molecular weight is 223 g/mol. The lowest BCUT2D eigenvalue weighted by molar-refractivity contribution is -0.125. The Labute approximate surface area is 97.2 Å². The Morgan fingerprint density at radius 2 is 2.19 bits per heavy atom. The molecule has 1 aliphatic rings. The number of rotatable bonds is 3. The molecule has 90 valence electrons. The minimum Gasteiger partial charge on any atom is -0.355 e. The van der Waals surface area contributed by atoms with Crippen LogP contribution >= 0.6 is 0 Å². The molecule has 4 heteroatoms. The number of amides is 1. The quantitative estimate of drug-likeness (QED) is 0.705. The molecule has 0 heterocycles. The van der Waals surface area contributed by atoms with E-state index in [-0.39, 0.29) is 23.8 Å². The Morgan fingerprint density at radius 1 is 1.50 bits per heavy atom.